The van der Waals surface area contributed by atoms with Crippen molar-refractivity contribution in [2.45, 2.75) is 29.4 Å². The summed E-state index contributed by atoms with van der Waals surface area (Å²) in [6.07, 6.45) is 3.56. The first kappa shape index (κ1) is 20.8. The molecule has 0 aromatic heterocycles. The Labute approximate surface area is 166 Å². The number of piperidine rings is 1. The lowest BCUT2D eigenvalue weighted by molar-refractivity contribution is -0.120. The Morgan fingerprint density at radius 1 is 1.12 bits per heavy atom. The molecule has 0 spiro atoms. The second kappa shape index (κ2) is 11.3. The van der Waals surface area contributed by atoms with E-state index >= 15 is 0 Å². The van der Waals surface area contributed by atoms with Crippen LogP contribution in [-0.2, 0) is 4.79 Å². The Kier molecular flexibility index (Phi) is 9.02. The van der Waals surface area contributed by atoms with Crippen LogP contribution in [0, 0.1) is 5.92 Å². The van der Waals surface area contributed by atoms with E-state index in [4.69, 9.17) is 0 Å². The SMILES string of the molecule is Cl.O=C(NCCC1CCCNC1)C(Sc1ccccc1)c1ccccc1. The summed E-state index contributed by atoms with van der Waals surface area (Å²) in [6.45, 7) is 2.97. The van der Waals surface area contributed by atoms with E-state index in [2.05, 4.69) is 22.8 Å². The molecule has 1 saturated heterocycles. The van der Waals surface area contributed by atoms with Crippen molar-refractivity contribution in [3.8, 4) is 0 Å². The number of carbonyl (C=O) groups is 1. The molecule has 1 amide bonds. The van der Waals surface area contributed by atoms with Gasteiger partial charge < -0.3 is 10.6 Å². The zero-order valence-electron chi connectivity index (χ0n) is 14.9. The van der Waals surface area contributed by atoms with E-state index in [1.54, 1.807) is 11.8 Å². The Hall–Kier alpha value is -1.49. The first-order valence-electron chi connectivity index (χ1n) is 9.08. The summed E-state index contributed by atoms with van der Waals surface area (Å²) >= 11 is 1.61. The van der Waals surface area contributed by atoms with E-state index < -0.39 is 0 Å². The lowest BCUT2D eigenvalue weighted by atomic mass is 9.96. The van der Waals surface area contributed by atoms with E-state index in [1.165, 1.54) is 12.8 Å². The number of hydrogen-bond donors (Lipinski definition) is 2. The Balaban J connectivity index is 0.00000243. The van der Waals surface area contributed by atoms with Gasteiger partial charge in [-0.1, -0.05) is 48.5 Å². The predicted octanol–water partition coefficient (Wildman–Crippen LogP) is 4.45. The van der Waals surface area contributed by atoms with Gasteiger partial charge in [0.15, 0.2) is 0 Å². The Morgan fingerprint density at radius 3 is 2.46 bits per heavy atom. The molecular formula is C21H27ClN2OS. The fraction of sp³-hybridized carbons (Fsp3) is 0.381. The van der Waals surface area contributed by atoms with Crippen molar-refractivity contribution >= 4 is 30.1 Å². The highest BCUT2D eigenvalue weighted by Crippen LogP contribution is 2.35. The minimum Gasteiger partial charge on any atom is -0.355 e. The molecule has 1 aliphatic rings. The summed E-state index contributed by atoms with van der Waals surface area (Å²) in [6, 6.07) is 20.2. The van der Waals surface area contributed by atoms with Gasteiger partial charge in [0.1, 0.15) is 5.25 Å². The quantitative estimate of drug-likeness (QED) is 0.686. The van der Waals surface area contributed by atoms with Crippen LogP contribution in [0.2, 0.25) is 0 Å². The predicted molar refractivity (Wildman–Crippen MR) is 112 cm³/mol. The minimum atomic E-state index is -0.215. The number of nitrogens with one attached hydrogen (secondary N) is 2. The molecule has 1 heterocycles. The molecule has 1 fully saturated rings. The van der Waals surface area contributed by atoms with Crippen molar-refractivity contribution < 1.29 is 4.79 Å². The monoisotopic (exact) mass is 390 g/mol. The van der Waals surface area contributed by atoms with Crippen LogP contribution < -0.4 is 10.6 Å². The lowest BCUT2D eigenvalue weighted by Gasteiger charge is -2.23. The average molecular weight is 391 g/mol. The van der Waals surface area contributed by atoms with E-state index in [9.17, 15) is 4.79 Å². The van der Waals surface area contributed by atoms with Gasteiger partial charge in [-0.15, -0.1) is 24.2 Å². The molecule has 1 aliphatic heterocycles. The second-order valence-corrected chi connectivity index (χ2v) is 7.69. The second-order valence-electron chi connectivity index (χ2n) is 6.51. The van der Waals surface area contributed by atoms with Crippen LogP contribution in [0.15, 0.2) is 65.6 Å². The fourth-order valence-electron chi connectivity index (χ4n) is 3.20. The van der Waals surface area contributed by atoms with Gasteiger partial charge in [-0.3, -0.25) is 4.79 Å². The maximum absolute atomic E-state index is 12.8. The van der Waals surface area contributed by atoms with E-state index in [0.717, 1.165) is 36.5 Å². The third-order valence-corrected chi connectivity index (χ3v) is 5.85. The van der Waals surface area contributed by atoms with Crippen LogP contribution in [-0.4, -0.2) is 25.5 Å². The van der Waals surface area contributed by atoms with Crippen LogP contribution in [0.3, 0.4) is 0 Å². The third kappa shape index (κ3) is 6.35. The summed E-state index contributed by atoms with van der Waals surface area (Å²) in [4.78, 5) is 14.0. The van der Waals surface area contributed by atoms with Gasteiger partial charge >= 0.3 is 0 Å². The molecule has 2 atom stereocenters. The zero-order chi connectivity index (χ0) is 17.3. The van der Waals surface area contributed by atoms with Gasteiger partial charge in [0.2, 0.25) is 5.91 Å². The van der Waals surface area contributed by atoms with Crippen LogP contribution in [0.5, 0.6) is 0 Å². The average Bonchev–Trinajstić information content (AvgIpc) is 2.68. The summed E-state index contributed by atoms with van der Waals surface area (Å²) < 4.78 is 0. The number of thioether (sulfide) groups is 1. The van der Waals surface area contributed by atoms with Gasteiger partial charge in [-0.25, -0.2) is 0 Å². The molecule has 26 heavy (non-hydrogen) atoms. The molecule has 0 radical (unpaired) electrons. The number of carbonyl (C=O) groups excluding carboxylic acids is 1. The highest BCUT2D eigenvalue weighted by atomic mass is 35.5. The molecule has 2 aromatic carbocycles. The lowest BCUT2D eigenvalue weighted by Crippen LogP contribution is -2.34. The van der Waals surface area contributed by atoms with Gasteiger partial charge in [-0.05, 0) is 56.0 Å². The zero-order valence-corrected chi connectivity index (χ0v) is 16.5. The van der Waals surface area contributed by atoms with Gasteiger partial charge in [-0.2, -0.15) is 0 Å². The summed E-state index contributed by atoms with van der Waals surface area (Å²) in [7, 11) is 0. The topological polar surface area (TPSA) is 41.1 Å². The Bertz CT molecular complexity index is 648. The molecule has 2 aromatic rings. The fourth-order valence-corrected chi connectivity index (χ4v) is 4.27. The molecule has 3 rings (SSSR count). The van der Waals surface area contributed by atoms with Crippen molar-refractivity contribution in [1.29, 1.82) is 0 Å². The summed E-state index contributed by atoms with van der Waals surface area (Å²) in [5.41, 5.74) is 1.05. The maximum atomic E-state index is 12.8. The van der Waals surface area contributed by atoms with Crippen molar-refractivity contribution in [2.75, 3.05) is 19.6 Å². The van der Waals surface area contributed by atoms with Crippen molar-refractivity contribution in [3.05, 3.63) is 66.2 Å². The molecule has 5 heteroatoms. The largest absolute Gasteiger partial charge is 0.355 e. The first-order valence-corrected chi connectivity index (χ1v) is 9.96. The Morgan fingerprint density at radius 2 is 1.81 bits per heavy atom. The molecule has 2 N–H and O–H groups in total. The van der Waals surface area contributed by atoms with Crippen LogP contribution in [0.25, 0.3) is 0 Å². The maximum Gasteiger partial charge on any atom is 0.237 e. The molecule has 3 nitrogen and oxygen atoms in total. The van der Waals surface area contributed by atoms with Crippen LogP contribution >= 0.6 is 24.2 Å². The number of halogens is 1. The summed E-state index contributed by atoms with van der Waals surface area (Å²) in [5.74, 6) is 0.787. The highest BCUT2D eigenvalue weighted by molar-refractivity contribution is 8.00. The van der Waals surface area contributed by atoms with Crippen molar-refractivity contribution in [1.82, 2.24) is 10.6 Å². The standard InChI is InChI=1S/C21H26N2OS.ClH/c24-21(23-15-13-17-8-7-14-22-16-17)20(18-9-3-1-4-10-18)25-19-11-5-2-6-12-19;/h1-6,9-12,17,20,22H,7-8,13-16H2,(H,23,24);1H. The normalized spacial score (nSPS) is 17.8. The molecule has 0 bridgehead atoms. The first-order chi connectivity index (χ1) is 12.3. The molecular weight excluding hydrogens is 364 g/mol. The van der Waals surface area contributed by atoms with Crippen molar-refractivity contribution in [2.24, 2.45) is 5.92 Å². The number of rotatable bonds is 7. The third-order valence-electron chi connectivity index (χ3n) is 4.59. The number of hydrogen-bond acceptors (Lipinski definition) is 3. The van der Waals surface area contributed by atoms with Gasteiger partial charge in [0, 0.05) is 11.4 Å². The smallest absolute Gasteiger partial charge is 0.237 e. The number of benzene rings is 2. The number of amides is 1. The summed E-state index contributed by atoms with van der Waals surface area (Å²) in [5, 5.41) is 6.38. The van der Waals surface area contributed by atoms with E-state index in [-0.39, 0.29) is 23.6 Å². The van der Waals surface area contributed by atoms with Gasteiger partial charge in [0.25, 0.3) is 0 Å². The molecule has 0 saturated carbocycles. The van der Waals surface area contributed by atoms with Crippen LogP contribution in [0.1, 0.15) is 30.1 Å². The van der Waals surface area contributed by atoms with E-state index in [0.29, 0.717) is 5.92 Å². The molecule has 0 aliphatic carbocycles. The van der Waals surface area contributed by atoms with Crippen LogP contribution in [0.4, 0.5) is 0 Å². The van der Waals surface area contributed by atoms with E-state index in [1.807, 2.05) is 48.5 Å². The molecule has 140 valence electrons. The highest BCUT2D eigenvalue weighted by Gasteiger charge is 2.22. The minimum absolute atomic E-state index is 0. The molecule has 2 unspecified atom stereocenters. The van der Waals surface area contributed by atoms with Gasteiger partial charge in [0.05, 0.1) is 0 Å². The van der Waals surface area contributed by atoms with Crippen molar-refractivity contribution in [3.63, 3.8) is 0 Å².